The van der Waals surface area contributed by atoms with Crippen LogP contribution in [0.5, 0.6) is 0 Å². The maximum Gasteiger partial charge on any atom is 0.261 e. The van der Waals surface area contributed by atoms with Gasteiger partial charge in [-0.3, -0.25) is 19.3 Å². The molecule has 1 atom stereocenters. The van der Waals surface area contributed by atoms with Gasteiger partial charge in [0, 0.05) is 12.1 Å². The van der Waals surface area contributed by atoms with E-state index in [1.165, 1.54) is 17.7 Å². The van der Waals surface area contributed by atoms with Crippen molar-refractivity contribution in [2.75, 3.05) is 19.6 Å². The molecule has 2 N–H and O–H groups in total. The Balaban J connectivity index is 1.37. The maximum absolute atomic E-state index is 12.5. The van der Waals surface area contributed by atoms with Crippen molar-refractivity contribution < 1.29 is 14.4 Å². The van der Waals surface area contributed by atoms with Crippen molar-refractivity contribution >= 4 is 17.7 Å². The highest BCUT2D eigenvalue weighted by molar-refractivity contribution is 6.21. The van der Waals surface area contributed by atoms with E-state index in [9.17, 15) is 14.4 Å². The molecule has 2 heterocycles. The van der Waals surface area contributed by atoms with Gasteiger partial charge in [0.05, 0.1) is 17.7 Å². The Morgan fingerprint density at radius 2 is 1.83 bits per heavy atom. The van der Waals surface area contributed by atoms with Crippen molar-refractivity contribution in [2.45, 2.75) is 25.8 Å². The van der Waals surface area contributed by atoms with Crippen LogP contribution in [-0.4, -0.2) is 42.3 Å². The van der Waals surface area contributed by atoms with E-state index in [2.05, 4.69) is 10.6 Å². The van der Waals surface area contributed by atoms with Crippen LogP contribution in [0, 0.1) is 5.92 Å². The Kier molecular flexibility index (Phi) is 5.71. The molecule has 29 heavy (non-hydrogen) atoms. The monoisotopic (exact) mass is 391 g/mol. The lowest BCUT2D eigenvalue weighted by Gasteiger charge is -2.22. The van der Waals surface area contributed by atoms with E-state index in [-0.39, 0.29) is 24.3 Å². The molecule has 0 saturated carbocycles. The van der Waals surface area contributed by atoms with Gasteiger partial charge < -0.3 is 10.6 Å². The van der Waals surface area contributed by atoms with E-state index in [1.807, 2.05) is 6.07 Å². The Bertz CT molecular complexity index is 899. The molecule has 2 aliphatic heterocycles. The second-order valence-electron chi connectivity index (χ2n) is 7.70. The van der Waals surface area contributed by atoms with Gasteiger partial charge >= 0.3 is 0 Å². The lowest BCUT2D eigenvalue weighted by Crippen LogP contribution is -2.33. The molecule has 2 aromatic rings. The maximum atomic E-state index is 12.5. The summed E-state index contributed by atoms with van der Waals surface area (Å²) in [6.45, 7) is 2.91. The molecule has 0 bridgehead atoms. The molecule has 150 valence electrons. The smallest absolute Gasteiger partial charge is 0.261 e. The van der Waals surface area contributed by atoms with Crippen molar-refractivity contribution in [3.8, 4) is 0 Å². The van der Waals surface area contributed by atoms with Gasteiger partial charge in [-0.25, -0.2) is 0 Å². The number of hydrogen-bond acceptors (Lipinski definition) is 4. The Morgan fingerprint density at radius 3 is 2.52 bits per heavy atom. The van der Waals surface area contributed by atoms with Crippen molar-refractivity contribution in [3.05, 3.63) is 70.8 Å². The van der Waals surface area contributed by atoms with Crippen LogP contribution >= 0.6 is 0 Å². The van der Waals surface area contributed by atoms with Crippen LogP contribution in [0.15, 0.2) is 48.5 Å². The molecule has 0 aromatic heterocycles. The Hall–Kier alpha value is -2.99. The summed E-state index contributed by atoms with van der Waals surface area (Å²) in [5.74, 6) is -0.0923. The van der Waals surface area contributed by atoms with Crippen molar-refractivity contribution in [1.29, 1.82) is 0 Å². The molecule has 6 nitrogen and oxygen atoms in total. The summed E-state index contributed by atoms with van der Waals surface area (Å²) in [6, 6.07) is 14.0. The fourth-order valence-electron chi connectivity index (χ4n) is 4.04. The zero-order valence-electron chi connectivity index (χ0n) is 16.3. The first kappa shape index (κ1) is 19.3. The second-order valence-corrected chi connectivity index (χ2v) is 7.70. The van der Waals surface area contributed by atoms with Crippen LogP contribution in [0.1, 0.15) is 55.9 Å². The topological polar surface area (TPSA) is 78.5 Å². The van der Waals surface area contributed by atoms with Crippen molar-refractivity contribution in [1.82, 2.24) is 15.5 Å². The molecule has 0 radical (unpaired) electrons. The molecular formula is C23H25N3O3. The highest BCUT2D eigenvalue weighted by atomic mass is 16.2. The van der Waals surface area contributed by atoms with Gasteiger partial charge in [-0.05, 0) is 68.1 Å². The summed E-state index contributed by atoms with van der Waals surface area (Å²) in [5.41, 5.74) is 2.16. The number of nitrogens with one attached hydrogen (secondary N) is 2. The summed E-state index contributed by atoms with van der Waals surface area (Å²) in [7, 11) is 0. The van der Waals surface area contributed by atoms with Crippen LogP contribution < -0.4 is 10.6 Å². The van der Waals surface area contributed by atoms with Crippen LogP contribution in [-0.2, 0) is 6.54 Å². The summed E-state index contributed by atoms with van der Waals surface area (Å²) in [4.78, 5) is 38.8. The third kappa shape index (κ3) is 4.22. The quantitative estimate of drug-likeness (QED) is 0.742. The first-order valence-electron chi connectivity index (χ1n) is 10.2. The van der Waals surface area contributed by atoms with Gasteiger partial charge in [-0.15, -0.1) is 0 Å². The number of amides is 3. The zero-order chi connectivity index (χ0) is 20.2. The minimum atomic E-state index is -0.290. The molecule has 1 fully saturated rings. The van der Waals surface area contributed by atoms with Crippen LogP contribution in [0.2, 0.25) is 0 Å². The molecule has 1 saturated heterocycles. The second kappa shape index (κ2) is 8.57. The molecule has 3 amide bonds. The van der Waals surface area contributed by atoms with Crippen LogP contribution in [0.4, 0.5) is 0 Å². The van der Waals surface area contributed by atoms with Gasteiger partial charge in [-0.2, -0.15) is 0 Å². The molecule has 0 aliphatic carbocycles. The van der Waals surface area contributed by atoms with Crippen LogP contribution in [0.3, 0.4) is 0 Å². The third-order valence-electron chi connectivity index (χ3n) is 5.65. The lowest BCUT2D eigenvalue weighted by atomic mass is 9.96. The van der Waals surface area contributed by atoms with E-state index < -0.39 is 0 Å². The lowest BCUT2D eigenvalue weighted by molar-refractivity contribution is 0.0642. The molecular weight excluding hydrogens is 366 g/mol. The highest BCUT2D eigenvalue weighted by Crippen LogP contribution is 2.24. The number of fused-ring (bicyclic) bond motifs is 1. The van der Waals surface area contributed by atoms with Crippen molar-refractivity contribution in [3.63, 3.8) is 0 Å². The number of imide groups is 1. The minimum absolute atomic E-state index is 0.127. The fourth-order valence-corrected chi connectivity index (χ4v) is 4.04. The number of hydrogen-bond donors (Lipinski definition) is 2. The fraction of sp³-hybridized carbons (Fsp3) is 0.348. The van der Waals surface area contributed by atoms with E-state index in [1.54, 1.807) is 42.5 Å². The molecule has 2 aromatic carbocycles. The Labute approximate surface area is 170 Å². The van der Waals surface area contributed by atoms with E-state index in [0.717, 1.165) is 25.1 Å². The van der Waals surface area contributed by atoms with E-state index >= 15 is 0 Å². The largest absolute Gasteiger partial charge is 0.352 e. The molecule has 6 heteroatoms. The normalized spacial score (nSPS) is 18.6. The summed E-state index contributed by atoms with van der Waals surface area (Å²) >= 11 is 0. The average molecular weight is 391 g/mol. The van der Waals surface area contributed by atoms with Gasteiger partial charge in [0.1, 0.15) is 0 Å². The number of benzene rings is 2. The Morgan fingerprint density at radius 1 is 1.07 bits per heavy atom. The van der Waals surface area contributed by atoms with Gasteiger partial charge in [0.2, 0.25) is 0 Å². The number of rotatable bonds is 6. The number of piperidine rings is 1. The van der Waals surface area contributed by atoms with Crippen molar-refractivity contribution in [2.24, 2.45) is 5.92 Å². The molecule has 2 aliphatic rings. The zero-order valence-corrected chi connectivity index (χ0v) is 16.3. The predicted octanol–water partition coefficient (Wildman–Crippen LogP) is 2.60. The number of nitrogens with zero attached hydrogens (tertiary/aromatic N) is 1. The standard InChI is InChI=1S/C23H25N3O3/c27-21(25-12-10-16-6-4-11-24-14-16)18-7-3-5-17(13-18)15-26-22(28)19-8-1-2-9-20(19)23(26)29/h1-3,5,7-9,13,16,24H,4,6,10-12,14-15H2,(H,25,27). The van der Waals surface area contributed by atoms with E-state index in [0.29, 0.717) is 29.2 Å². The molecule has 1 unspecified atom stereocenters. The summed E-state index contributed by atoms with van der Waals surface area (Å²) < 4.78 is 0. The first-order valence-corrected chi connectivity index (χ1v) is 10.2. The average Bonchev–Trinajstić information content (AvgIpc) is 3.00. The minimum Gasteiger partial charge on any atom is -0.352 e. The highest BCUT2D eigenvalue weighted by Gasteiger charge is 2.34. The predicted molar refractivity (Wildman–Crippen MR) is 110 cm³/mol. The van der Waals surface area contributed by atoms with Crippen LogP contribution in [0.25, 0.3) is 0 Å². The SMILES string of the molecule is O=C(NCCC1CCCNC1)c1cccc(CN2C(=O)c3ccccc3C2=O)c1. The molecule has 0 spiro atoms. The van der Waals surface area contributed by atoms with Gasteiger partial charge in [0.15, 0.2) is 0 Å². The summed E-state index contributed by atoms with van der Waals surface area (Å²) in [5, 5.41) is 6.37. The van der Waals surface area contributed by atoms with Gasteiger partial charge in [0.25, 0.3) is 17.7 Å². The molecule has 4 rings (SSSR count). The number of carbonyl (C=O) groups is 3. The number of carbonyl (C=O) groups excluding carboxylic acids is 3. The first-order chi connectivity index (χ1) is 14.1. The summed E-state index contributed by atoms with van der Waals surface area (Å²) in [6.07, 6.45) is 3.37. The van der Waals surface area contributed by atoms with E-state index in [4.69, 9.17) is 0 Å². The third-order valence-corrected chi connectivity index (χ3v) is 5.65. The van der Waals surface area contributed by atoms with Gasteiger partial charge in [-0.1, -0.05) is 24.3 Å².